The highest BCUT2D eigenvalue weighted by atomic mass is 16.5. The zero-order valence-electron chi connectivity index (χ0n) is 9.34. The number of hydrogen-bond donors (Lipinski definition) is 1. The summed E-state index contributed by atoms with van der Waals surface area (Å²) >= 11 is 0. The van der Waals surface area contributed by atoms with E-state index in [2.05, 4.69) is 4.98 Å². The fraction of sp³-hybridized carbons (Fsp3) is 0.214. The van der Waals surface area contributed by atoms with Gasteiger partial charge in [0.25, 0.3) is 0 Å². The van der Waals surface area contributed by atoms with Gasteiger partial charge in [0.05, 0.1) is 5.69 Å². The Kier molecular flexibility index (Phi) is 2.44. The predicted octanol–water partition coefficient (Wildman–Crippen LogP) is 2.85. The number of aromatic nitrogens is 1. The molecule has 1 aliphatic heterocycles. The number of pyridine rings is 1. The number of rotatable bonds is 1. The van der Waals surface area contributed by atoms with E-state index in [9.17, 15) is 5.11 Å². The lowest BCUT2D eigenvalue weighted by Gasteiger charge is -2.26. The summed E-state index contributed by atoms with van der Waals surface area (Å²) in [6.45, 7) is 0. The summed E-state index contributed by atoms with van der Waals surface area (Å²) in [6, 6.07) is 11.3. The van der Waals surface area contributed by atoms with E-state index in [1.165, 1.54) is 0 Å². The van der Waals surface area contributed by atoms with Crippen molar-refractivity contribution in [1.82, 2.24) is 4.98 Å². The number of nitrogens with zero attached hydrogens (tertiary/aromatic N) is 1. The Balaban J connectivity index is 1.93. The molecule has 2 aromatic rings. The summed E-state index contributed by atoms with van der Waals surface area (Å²) in [5, 5.41) is 9.78. The van der Waals surface area contributed by atoms with Gasteiger partial charge in [-0.1, -0.05) is 18.2 Å². The molecule has 3 rings (SSSR count). The van der Waals surface area contributed by atoms with E-state index in [0.29, 0.717) is 5.75 Å². The molecular weight excluding hydrogens is 214 g/mol. The van der Waals surface area contributed by atoms with Crippen LogP contribution in [-0.4, -0.2) is 10.1 Å². The second-order valence-corrected chi connectivity index (χ2v) is 4.17. The molecule has 1 atom stereocenters. The third-order valence-corrected chi connectivity index (χ3v) is 3.03. The SMILES string of the molecule is Oc1cccc2c1O[C@H](c1ccccn1)CC2. The Morgan fingerprint density at radius 1 is 1.18 bits per heavy atom. The van der Waals surface area contributed by atoms with Crippen LogP contribution in [0.4, 0.5) is 0 Å². The first-order valence-electron chi connectivity index (χ1n) is 5.73. The zero-order chi connectivity index (χ0) is 11.7. The summed E-state index contributed by atoms with van der Waals surface area (Å²) < 4.78 is 5.84. The van der Waals surface area contributed by atoms with Crippen LogP contribution < -0.4 is 4.74 Å². The molecule has 2 heterocycles. The van der Waals surface area contributed by atoms with Crippen molar-refractivity contribution in [2.75, 3.05) is 0 Å². The second kappa shape index (κ2) is 4.09. The maximum atomic E-state index is 9.78. The quantitative estimate of drug-likeness (QED) is 0.814. The van der Waals surface area contributed by atoms with Crippen molar-refractivity contribution in [3.05, 3.63) is 53.9 Å². The Hall–Kier alpha value is -2.03. The summed E-state index contributed by atoms with van der Waals surface area (Å²) in [5.74, 6) is 0.817. The lowest BCUT2D eigenvalue weighted by molar-refractivity contribution is 0.165. The average Bonchev–Trinajstić information content (AvgIpc) is 2.40. The maximum absolute atomic E-state index is 9.78. The topological polar surface area (TPSA) is 42.4 Å². The van der Waals surface area contributed by atoms with Crippen LogP contribution in [0.1, 0.15) is 23.8 Å². The number of aromatic hydroxyl groups is 1. The molecule has 17 heavy (non-hydrogen) atoms. The van der Waals surface area contributed by atoms with E-state index < -0.39 is 0 Å². The van der Waals surface area contributed by atoms with Crippen LogP contribution in [0.3, 0.4) is 0 Å². The van der Waals surface area contributed by atoms with E-state index in [0.717, 1.165) is 24.1 Å². The average molecular weight is 227 g/mol. The van der Waals surface area contributed by atoms with Gasteiger partial charge in [0.1, 0.15) is 6.10 Å². The molecule has 3 nitrogen and oxygen atoms in total. The Morgan fingerprint density at radius 2 is 2.12 bits per heavy atom. The lowest BCUT2D eigenvalue weighted by atomic mass is 10.00. The molecule has 0 amide bonds. The van der Waals surface area contributed by atoms with Crippen LogP contribution in [0.15, 0.2) is 42.6 Å². The van der Waals surface area contributed by atoms with Crippen molar-refractivity contribution >= 4 is 0 Å². The monoisotopic (exact) mass is 227 g/mol. The molecular formula is C14H13NO2. The maximum Gasteiger partial charge on any atom is 0.165 e. The first-order valence-corrected chi connectivity index (χ1v) is 5.73. The Morgan fingerprint density at radius 3 is 2.94 bits per heavy atom. The van der Waals surface area contributed by atoms with Crippen molar-refractivity contribution in [2.24, 2.45) is 0 Å². The molecule has 0 bridgehead atoms. The minimum absolute atomic E-state index is 0.0583. The van der Waals surface area contributed by atoms with Gasteiger partial charge in [-0.2, -0.15) is 0 Å². The van der Waals surface area contributed by atoms with E-state index in [-0.39, 0.29) is 11.9 Å². The number of phenolic OH excluding ortho intramolecular Hbond substituents is 1. The Labute approximate surface area is 99.7 Å². The standard InChI is InChI=1S/C14H13NO2/c16-12-6-3-4-10-7-8-13(17-14(10)12)11-5-1-2-9-15-11/h1-6,9,13,16H,7-8H2/t13-/m0/s1. The van der Waals surface area contributed by atoms with Crippen molar-refractivity contribution in [2.45, 2.75) is 18.9 Å². The van der Waals surface area contributed by atoms with Gasteiger partial charge in [-0.3, -0.25) is 4.98 Å². The summed E-state index contributed by atoms with van der Waals surface area (Å²) in [4.78, 5) is 4.30. The molecule has 0 unspecified atom stereocenters. The molecule has 0 fully saturated rings. The molecule has 1 N–H and O–H groups in total. The summed E-state index contributed by atoms with van der Waals surface area (Å²) in [7, 11) is 0. The third kappa shape index (κ3) is 1.84. The minimum atomic E-state index is -0.0583. The molecule has 1 aromatic heterocycles. The molecule has 1 aliphatic rings. The number of hydrogen-bond acceptors (Lipinski definition) is 3. The van der Waals surface area contributed by atoms with Crippen LogP contribution in [0.25, 0.3) is 0 Å². The predicted molar refractivity (Wildman–Crippen MR) is 64.0 cm³/mol. The molecule has 0 saturated carbocycles. The van der Waals surface area contributed by atoms with Crippen LogP contribution >= 0.6 is 0 Å². The zero-order valence-corrected chi connectivity index (χ0v) is 9.34. The van der Waals surface area contributed by atoms with Crippen LogP contribution in [-0.2, 0) is 6.42 Å². The van der Waals surface area contributed by atoms with Crippen molar-refractivity contribution in [3.63, 3.8) is 0 Å². The molecule has 3 heteroatoms. The van der Waals surface area contributed by atoms with Gasteiger partial charge in [0.2, 0.25) is 0 Å². The summed E-state index contributed by atoms with van der Waals surface area (Å²) in [6.07, 6.45) is 3.51. The van der Waals surface area contributed by atoms with Gasteiger partial charge < -0.3 is 9.84 Å². The first kappa shape index (κ1) is 10.1. The number of aryl methyl sites for hydroxylation is 1. The number of benzene rings is 1. The van der Waals surface area contributed by atoms with Crippen LogP contribution in [0, 0.1) is 0 Å². The van der Waals surface area contributed by atoms with Gasteiger partial charge in [-0.15, -0.1) is 0 Å². The highest BCUT2D eigenvalue weighted by molar-refractivity contribution is 5.47. The van der Waals surface area contributed by atoms with Crippen LogP contribution in [0.2, 0.25) is 0 Å². The lowest BCUT2D eigenvalue weighted by Crippen LogP contribution is -2.16. The van der Waals surface area contributed by atoms with Gasteiger partial charge >= 0.3 is 0 Å². The molecule has 86 valence electrons. The minimum Gasteiger partial charge on any atom is -0.504 e. The highest BCUT2D eigenvalue weighted by Crippen LogP contribution is 2.39. The van der Waals surface area contributed by atoms with Crippen molar-refractivity contribution < 1.29 is 9.84 Å². The fourth-order valence-corrected chi connectivity index (χ4v) is 2.17. The van der Waals surface area contributed by atoms with E-state index in [4.69, 9.17) is 4.74 Å². The third-order valence-electron chi connectivity index (χ3n) is 3.03. The van der Waals surface area contributed by atoms with Gasteiger partial charge in [0.15, 0.2) is 11.5 Å². The van der Waals surface area contributed by atoms with Gasteiger partial charge in [-0.25, -0.2) is 0 Å². The Bertz CT molecular complexity index is 525. The largest absolute Gasteiger partial charge is 0.504 e. The van der Waals surface area contributed by atoms with E-state index >= 15 is 0 Å². The van der Waals surface area contributed by atoms with Crippen molar-refractivity contribution in [1.29, 1.82) is 0 Å². The van der Waals surface area contributed by atoms with Crippen molar-refractivity contribution in [3.8, 4) is 11.5 Å². The fourth-order valence-electron chi connectivity index (χ4n) is 2.17. The molecule has 0 saturated heterocycles. The second-order valence-electron chi connectivity index (χ2n) is 4.17. The van der Waals surface area contributed by atoms with E-state index in [1.54, 1.807) is 12.3 Å². The van der Waals surface area contributed by atoms with Crippen LogP contribution in [0.5, 0.6) is 11.5 Å². The number of ether oxygens (including phenoxy) is 1. The first-order chi connectivity index (χ1) is 8.34. The van der Waals surface area contributed by atoms with Gasteiger partial charge in [-0.05, 0) is 36.6 Å². The number of para-hydroxylation sites is 1. The molecule has 0 radical (unpaired) electrons. The van der Waals surface area contributed by atoms with Gasteiger partial charge in [0, 0.05) is 6.20 Å². The summed E-state index contributed by atoms with van der Waals surface area (Å²) in [5.41, 5.74) is 1.98. The molecule has 0 spiro atoms. The molecule has 0 aliphatic carbocycles. The highest BCUT2D eigenvalue weighted by Gasteiger charge is 2.23. The number of phenols is 1. The molecule has 1 aromatic carbocycles. The normalized spacial score (nSPS) is 18.2. The number of fused-ring (bicyclic) bond motifs is 1. The smallest absolute Gasteiger partial charge is 0.165 e. The van der Waals surface area contributed by atoms with E-state index in [1.807, 2.05) is 30.3 Å².